The maximum Gasteiger partial charge on any atom is 0.416 e. The van der Waals surface area contributed by atoms with Gasteiger partial charge in [0.05, 0.1) is 28.4 Å². The van der Waals surface area contributed by atoms with Crippen molar-refractivity contribution in [2.45, 2.75) is 6.18 Å². The summed E-state index contributed by atoms with van der Waals surface area (Å²) >= 11 is 12.7. The summed E-state index contributed by atoms with van der Waals surface area (Å²) in [6.45, 7) is 2.63. The highest BCUT2D eigenvalue weighted by Gasteiger charge is 2.30. The Bertz CT molecular complexity index is 750. The van der Waals surface area contributed by atoms with Crippen molar-refractivity contribution in [2.75, 3.05) is 43.1 Å². The van der Waals surface area contributed by atoms with E-state index in [9.17, 15) is 13.2 Å². The van der Waals surface area contributed by atoms with Crippen molar-refractivity contribution in [3.05, 3.63) is 52.0 Å². The molecule has 0 amide bonds. The monoisotopic (exact) mass is 404 g/mol. The van der Waals surface area contributed by atoms with E-state index < -0.39 is 11.7 Å². The lowest BCUT2D eigenvalue weighted by Gasteiger charge is -2.38. The van der Waals surface area contributed by atoms with Crippen LogP contribution in [0, 0.1) is 0 Å². The fourth-order valence-corrected chi connectivity index (χ4v) is 3.72. The van der Waals surface area contributed by atoms with Crippen molar-refractivity contribution in [1.82, 2.24) is 0 Å². The van der Waals surface area contributed by atoms with Gasteiger partial charge in [-0.3, -0.25) is 0 Å². The van der Waals surface area contributed by atoms with Gasteiger partial charge in [-0.25, -0.2) is 0 Å². The number of hydrogen-bond acceptors (Lipinski definition) is 3. The third kappa shape index (κ3) is 3.96. The van der Waals surface area contributed by atoms with Crippen molar-refractivity contribution >= 4 is 34.6 Å². The lowest BCUT2D eigenvalue weighted by molar-refractivity contribution is -0.137. The number of halogens is 5. The van der Waals surface area contributed by atoms with Gasteiger partial charge in [-0.2, -0.15) is 13.2 Å². The maximum absolute atomic E-state index is 12.7. The van der Waals surface area contributed by atoms with Crippen LogP contribution in [0.25, 0.3) is 0 Å². The normalized spacial score (nSPS) is 15.3. The van der Waals surface area contributed by atoms with E-state index in [0.717, 1.165) is 23.5 Å². The van der Waals surface area contributed by atoms with Crippen LogP contribution in [-0.2, 0) is 6.18 Å². The third-order valence-electron chi connectivity index (χ3n) is 4.38. The van der Waals surface area contributed by atoms with E-state index in [1.807, 2.05) is 4.90 Å². The zero-order valence-corrected chi connectivity index (χ0v) is 15.5. The Balaban J connectivity index is 1.70. The molecule has 0 saturated carbocycles. The molecule has 1 heterocycles. The van der Waals surface area contributed by atoms with Crippen LogP contribution in [0.1, 0.15) is 5.56 Å². The summed E-state index contributed by atoms with van der Waals surface area (Å²) in [5, 5.41) is 1.02. The molecule has 8 heteroatoms. The zero-order valence-electron chi connectivity index (χ0n) is 14.0. The highest BCUT2D eigenvalue weighted by molar-refractivity contribution is 6.39. The van der Waals surface area contributed by atoms with E-state index >= 15 is 0 Å². The first-order valence-electron chi connectivity index (χ1n) is 8.00. The second-order valence-electron chi connectivity index (χ2n) is 5.96. The van der Waals surface area contributed by atoms with Crippen LogP contribution in [0.15, 0.2) is 36.4 Å². The van der Waals surface area contributed by atoms with Gasteiger partial charge in [0.2, 0.25) is 0 Å². The molecular formula is C18H17Cl2F3N2O. The highest BCUT2D eigenvalue weighted by Crippen LogP contribution is 2.38. The van der Waals surface area contributed by atoms with Crippen LogP contribution in [0.4, 0.5) is 24.5 Å². The molecule has 3 nitrogen and oxygen atoms in total. The minimum atomic E-state index is -4.32. The fraction of sp³-hybridized carbons (Fsp3) is 0.333. The summed E-state index contributed by atoms with van der Waals surface area (Å²) in [6, 6.07) is 8.66. The Morgan fingerprint density at radius 3 is 1.85 bits per heavy atom. The molecule has 140 valence electrons. The molecule has 0 unspecified atom stereocenters. The number of ether oxygens (including phenoxy) is 1. The molecule has 0 aromatic heterocycles. The molecule has 0 atom stereocenters. The Morgan fingerprint density at radius 2 is 1.38 bits per heavy atom. The highest BCUT2D eigenvalue weighted by atomic mass is 35.5. The van der Waals surface area contributed by atoms with Gasteiger partial charge in [0, 0.05) is 44.0 Å². The van der Waals surface area contributed by atoms with E-state index in [-0.39, 0.29) is 0 Å². The molecule has 1 fully saturated rings. The zero-order chi connectivity index (χ0) is 18.9. The molecule has 3 rings (SSSR count). The van der Waals surface area contributed by atoms with E-state index in [4.69, 9.17) is 27.9 Å². The predicted molar refractivity (Wildman–Crippen MR) is 98.9 cm³/mol. The molecule has 0 spiro atoms. The lowest BCUT2D eigenvalue weighted by Crippen LogP contribution is -2.46. The summed E-state index contributed by atoms with van der Waals surface area (Å²) in [6.07, 6.45) is -4.32. The van der Waals surface area contributed by atoms with Crippen molar-refractivity contribution in [1.29, 1.82) is 0 Å². The minimum Gasteiger partial charge on any atom is -0.497 e. The Labute approximate surface area is 159 Å². The number of benzene rings is 2. The largest absolute Gasteiger partial charge is 0.497 e. The molecule has 2 aromatic carbocycles. The summed E-state index contributed by atoms with van der Waals surface area (Å²) in [5.41, 5.74) is 0.877. The molecule has 0 N–H and O–H groups in total. The minimum absolute atomic E-state index is 0.511. The average molecular weight is 405 g/mol. The number of alkyl halides is 3. The summed E-state index contributed by atoms with van der Waals surface area (Å²) in [4.78, 5) is 4.12. The van der Waals surface area contributed by atoms with Crippen molar-refractivity contribution in [3.8, 4) is 5.75 Å². The fourth-order valence-electron chi connectivity index (χ4n) is 3.01. The number of rotatable bonds is 3. The Hall–Kier alpha value is -1.79. The second kappa shape index (κ2) is 7.45. The topological polar surface area (TPSA) is 15.7 Å². The number of nitrogens with zero attached hydrogens (tertiary/aromatic N) is 2. The van der Waals surface area contributed by atoms with E-state index in [1.165, 1.54) is 12.1 Å². The molecule has 1 aliphatic heterocycles. The Kier molecular flexibility index (Phi) is 5.44. The molecule has 0 aliphatic carbocycles. The first-order valence-corrected chi connectivity index (χ1v) is 8.75. The summed E-state index contributed by atoms with van der Waals surface area (Å²) < 4.78 is 43.2. The third-order valence-corrected chi connectivity index (χ3v) is 4.96. The number of methoxy groups -OCH3 is 1. The number of hydrogen-bond donors (Lipinski definition) is 0. The standard InChI is InChI=1S/C18H17Cl2F3N2O/c1-26-14-10-15(19)17(16(20)11-14)25-8-6-24(7-9-25)13-4-2-12(3-5-13)18(21,22)23/h2-5,10-11H,6-9H2,1H3. The lowest BCUT2D eigenvalue weighted by atomic mass is 10.1. The predicted octanol–water partition coefficient (Wildman–Crippen LogP) is 5.35. The smallest absolute Gasteiger partial charge is 0.416 e. The van der Waals surface area contributed by atoms with Crippen molar-refractivity contribution < 1.29 is 17.9 Å². The van der Waals surface area contributed by atoms with Gasteiger partial charge in [0.25, 0.3) is 0 Å². The van der Waals surface area contributed by atoms with Gasteiger partial charge in [-0.15, -0.1) is 0 Å². The average Bonchev–Trinajstić information content (AvgIpc) is 2.61. The SMILES string of the molecule is COc1cc(Cl)c(N2CCN(c3ccc(C(F)(F)F)cc3)CC2)c(Cl)c1. The van der Waals surface area contributed by atoms with E-state index in [2.05, 4.69) is 4.90 Å². The van der Waals surface area contributed by atoms with Gasteiger partial charge in [0.1, 0.15) is 5.75 Å². The summed E-state index contributed by atoms with van der Waals surface area (Å²) in [7, 11) is 1.55. The van der Waals surface area contributed by atoms with E-state index in [0.29, 0.717) is 42.0 Å². The Morgan fingerprint density at radius 1 is 0.885 bits per heavy atom. The van der Waals surface area contributed by atoms with Crippen LogP contribution in [0.2, 0.25) is 10.0 Å². The van der Waals surface area contributed by atoms with Gasteiger partial charge in [-0.1, -0.05) is 23.2 Å². The molecule has 26 heavy (non-hydrogen) atoms. The van der Waals surface area contributed by atoms with Crippen molar-refractivity contribution in [3.63, 3.8) is 0 Å². The van der Waals surface area contributed by atoms with E-state index in [1.54, 1.807) is 19.2 Å². The molecule has 0 bridgehead atoms. The number of piperazine rings is 1. The van der Waals surface area contributed by atoms with Gasteiger partial charge in [-0.05, 0) is 24.3 Å². The molecular weight excluding hydrogens is 388 g/mol. The molecule has 0 radical (unpaired) electrons. The van der Waals surface area contributed by atoms with Crippen molar-refractivity contribution in [2.24, 2.45) is 0 Å². The number of anilines is 2. The van der Waals surface area contributed by atoms with Crippen LogP contribution in [0.5, 0.6) is 5.75 Å². The second-order valence-corrected chi connectivity index (χ2v) is 6.77. The van der Waals surface area contributed by atoms with Crippen LogP contribution in [-0.4, -0.2) is 33.3 Å². The van der Waals surface area contributed by atoms with Gasteiger partial charge < -0.3 is 14.5 Å². The first kappa shape index (κ1) is 19.0. The van der Waals surface area contributed by atoms with Gasteiger partial charge in [0.15, 0.2) is 0 Å². The van der Waals surface area contributed by atoms with Crippen LogP contribution < -0.4 is 14.5 Å². The maximum atomic E-state index is 12.7. The van der Waals surface area contributed by atoms with Crippen LogP contribution in [0.3, 0.4) is 0 Å². The first-order chi connectivity index (χ1) is 12.3. The molecule has 1 aliphatic rings. The quantitative estimate of drug-likeness (QED) is 0.685. The molecule has 2 aromatic rings. The van der Waals surface area contributed by atoms with Gasteiger partial charge >= 0.3 is 6.18 Å². The molecule has 1 saturated heterocycles. The summed E-state index contributed by atoms with van der Waals surface area (Å²) in [5.74, 6) is 0.590. The van der Waals surface area contributed by atoms with Crippen LogP contribution >= 0.6 is 23.2 Å².